The van der Waals surface area contributed by atoms with Gasteiger partial charge in [-0.1, -0.05) is 6.92 Å². The van der Waals surface area contributed by atoms with Gasteiger partial charge < -0.3 is 4.90 Å². The predicted molar refractivity (Wildman–Crippen MR) is 55.3 cm³/mol. The van der Waals surface area contributed by atoms with E-state index in [9.17, 15) is 0 Å². The second-order valence-electron chi connectivity index (χ2n) is 2.91. The van der Waals surface area contributed by atoms with Gasteiger partial charge in [-0.2, -0.15) is 17.0 Å². The normalized spacial score (nSPS) is 12.9. The van der Waals surface area contributed by atoms with E-state index in [1.165, 1.54) is 12.2 Å². The monoisotopic (exact) mass is 186 g/mol. The number of rotatable bonds is 6. The van der Waals surface area contributed by atoms with Gasteiger partial charge in [0.25, 0.3) is 0 Å². The predicted octanol–water partition coefficient (Wildman–Crippen LogP) is 1.97. The molecule has 1 unspecified atom stereocenters. The summed E-state index contributed by atoms with van der Waals surface area (Å²) in [6.45, 7) is 3.10. The fourth-order valence-corrected chi connectivity index (χ4v) is 2.03. The zero-order valence-corrected chi connectivity index (χ0v) is 9.02. The van der Waals surface area contributed by atoms with Crippen LogP contribution in [0.5, 0.6) is 0 Å². The Kier molecular flexibility index (Phi) is 7.33. The van der Waals surface area contributed by atoms with Crippen LogP contribution in [0.3, 0.4) is 0 Å². The van der Waals surface area contributed by atoms with Gasteiger partial charge in [0.05, 0.1) is 6.07 Å². The molecular weight excluding hydrogens is 168 g/mol. The van der Waals surface area contributed by atoms with Gasteiger partial charge in [0, 0.05) is 24.8 Å². The maximum absolute atomic E-state index is 8.42. The molecule has 12 heavy (non-hydrogen) atoms. The van der Waals surface area contributed by atoms with Crippen LogP contribution >= 0.6 is 11.8 Å². The van der Waals surface area contributed by atoms with E-state index in [-0.39, 0.29) is 0 Å². The van der Waals surface area contributed by atoms with Crippen molar-refractivity contribution < 1.29 is 0 Å². The van der Waals surface area contributed by atoms with Crippen LogP contribution in [0.4, 0.5) is 0 Å². The van der Waals surface area contributed by atoms with Crippen LogP contribution in [0.15, 0.2) is 0 Å². The van der Waals surface area contributed by atoms with Gasteiger partial charge in [0.15, 0.2) is 0 Å². The fourth-order valence-electron chi connectivity index (χ4n) is 1.16. The van der Waals surface area contributed by atoms with Gasteiger partial charge in [-0.25, -0.2) is 0 Å². The Morgan fingerprint density at radius 3 is 2.67 bits per heavy atom. The number of nitrogens with zero attached hydrogens (tertiary/aromatic N) is 2. The van der Waals surface area contributed by atoms with Crippen molar-refractivity contribution in [2.45, 2.75) is 25.8 Å². The van der Waals surface area contributed by atoms with E-state index in [0.717, 1.165) is 6.54 Å². The minimum atomic E-state index is 0.633. The molecule has 0 saturated heterocycles. The Morgan fingerprint density at radius 2 is 2.25 bits per heavy atom. The fraction of sp³-hybridized carbons (Fsp3) is 0.889. The maximum Gasteiger partial charge on any atom is 0.0635 e. The zero-order valence-electron chi connectivity index (χ0n) is 8.21. The first-order chi connectivity index (χ1) is 5.76. The molecule has 0 amide bonds. The zero-order chi connectivity index (χ0) is 9.40. The lowest BCUT2D eigenvalue weighted by atomic mass is 10.2. The highest BCUT2D eigenvalue weighted by Gasteiger charge is 2.10. The lowest BCUT2D eigenvalue weighted by molar-refractivity contribution is 0.262. The Balaban J connectivity index is 3.69. The van der Waals surface area contributed by atoms with Crippen molar-refractivity contribution in [2.24, 2.45) is 0 Å². The third-order valence-corrected chi connectivity index (χ3v) is 2.75. The quantitative estimate of drug-likeness (QED) is 0.634. The summed E-state index contributed by atoms with van der Waals surface area (Å²) < 4.78 is 0. The highest BCUT2D eigenvalue weighted by molar-refractivity contribution is 7.98. The molecule has 0 heterocycles. The second-order valence-corrected chi connectivity index (χ2v) is 3.82. The summed E-state index contributed by atoms with van der Waals surface area (Å²) in [5.74, 6) is 1.17. The van der Waals surface area contributed by atoms with E-state index in [1.807, 2.05) is 11.8 Å². The lowest BCUT2D eigenvalue weighted by Crippen LogP contribution is -2.33. The molecule has 0 saturated carbocycles. The molecule has 0 aliphatic rings. The molecule has 0 aromatic heterocycles. The van der Waals surface area contributed by atoms with Crippen molar-refractivity contribution in [3.63, 3.8) is 0 Å². The molecule has 0 aromatic carbocycles. The van der Waals surface area contributed by atoms with Crippen LogP contribution in [-0.4, -0.2) is 36.5 Å². The highest BCUT2D eigenvalue weighted by atomic mass is 32.2. The average molecular weight is 186 g/mol. The molecule has 0 aliphatic heterocycles. The summed E-state index contributed by atoms with van der Waals surface area (Å²) in [6.07, 6.45) is 3.94. The van der Waals surface area contributed by atoms with Crippen LogP contribution < -0.4 is 0 Å². The maximum atomic E-state index is 8.42. The minimum Gasteiger partial charge on any atom is -0.302 e. The van der Waals surface area contributed by atoms with E-state index in [0.29, 0.717) is 12.5 Å². The van der Waals surface area contributed by atoms with Crippen LogP contribution in [0.2, 0.25) is 0 Å². The van der Waals surface area contributed by atoms with Crippen LogP contribution in [0.25, 0.3) is 0 Å². The number of hydrogen-bond donors (Lipinski definition) is 0. The number of hydrogen-bond acceptors (Lipinski definition) is 3. The Hall–Kier alpha value is -0.200. The van der Waals surface area contributed by atoms with E-state index in [2.05, 4.69) is 31.2 Å². The van der Waals surface area contributed by atoms with Crippen molar-refractivity contribution in [3.8, 4) is 6.07 Å². The molecule has 0 fully saturated rings. The molecule has 3 heteroatoms. The van der Waals surface area contributed by atoms with Crippen molar-refractivity contribution in [1.82, 2.24) is 4.90 Å². The van der Waals surface area contributed by atoms with Crippen LogP contribution in [0, 0.1) is 11.3 Å². The van der Waals surface area contributed by atoms with Crippen molar-refractivity contribution >= 4 is 11.8 Å². The van der Waals surface area contributed by atoms with Gasteiger partial charge in [-0.3, -0.25) is 0 Å². The Morgan fingerprint density at radius 1 is 1.58 bits per heavy atom. The topological polar surface area (TPSA) is 27.0 Å². The summed E-state index contributed by atoms with van der Waals surface area (Å²) in [5, 5.41) is 8.42. The summed E-state index contributed by atoms with van der Waals surface area (Å²) in [7, 11) is 2.10. The largest absolute Gasteiger partial charge is 0.302 e. The molecule has 0 bridgehead atoms. The molecule has 0 N–H and O–H groups in total. The first-order valence-corrected chi connectivity index (χ1v) is 5.71. The average Bonchev–Trinajstić information content (AvgIpc) is 2.10. The smallest absolute Gasteiger partial charge is 0.0635 e. The van der Waals surface area contributed by atoms with E-state index >= 15 is 0 Å². The molecule has 0 aromatic rings. The van der Waals surface area contributed by atoms with Crippen LogP contribution in [-0.2, 0) is 0 Å². The molecule has 2 nitrogen and oxygen atoms in total. The second kappa shape index (κ2) is 7.45. The SMILES string of the molecule is CCC(CSC)N(C)CCC#N. The third kappa shape index (κ3) is 4.63. The molecule has 1 atom stereocenters. The molecule has 0 spiro atoms. The van der Waals surface area contributed by atoms with Gasteiger partial charge in [-0.05, 0) is 19.7 Å². The summed E-state index contributed by atoms with van der Waals surface area (Å²) in [4.78, 5) is 2.28. The van der Waals surface area contributed by atoms with E-state index in [4.69, 9.17) is 5.26 Å². The van der Waals surface area contributed by atoms with Gasteiger partial charge in [0.2, 0.25) is 0 Å². The van der Waals surface area contributed by atoms with Gasteiger partial charge in [-0.15, -0.1) is 0 Å². The Labute approximate surface area is 79.9 Å². The third-order valence-electron chi connectivity index (χ3n) is 2.03. The highest BCUT2D eigenvalue weighted by Crippen LogP contribution is 2.08. The van der Waals surface area contributed by atoms with E-state index in [1.54, 1.807) is 0 Å². The summed E-state index contributed by atoms with van der Waals surface area (Å²) >= 11 is 1.87. The van der Waals surface area contributed by atoms with Crippen molar-refractivity contribution in [3.05, 3.63) is 0 Å². The molecule has 70 valence electrons. The van der Waals surface area contributed by atoms with Crippen molar-refractivity contribution in [2.75, 3.05) is 25.6 Å². The lowest BCUT2D eigenvalue weighted by Gasteiger charge is -2.25. The number of thioether (sulfide) groups is 1. The first-order valence-electron chi connectivity index (χ1n) is 4.32. The van der Waals surface area contributed by atoms with Gasteiger partial charge >= 0.3 is 0 Å². The first kappa shape index (κ1) is 11.8. The Bertz CT molecular complexity index is 142. The minimum absolute atomic E-state index is 0.633. The van der Waals surface area contributed by atoms with Crippen molar-refractivity contribution in [1.29, 1.82) is 5.26 Å². The molecule has 0 rings (SSSR count). The summed E-state index contributed by atoms with van der Waals surface area (Å²) in [5.41, 5.74) is 0. The number of nitriles is 1. The van der Waals surface area contributed by atoms with Gasteiger partial charge in [0.1, 0.15) is 0 Å². The van der Waals surface area contributed by atoms with Crippen LogP contribution in [0.1, 0.15) is 19.8 Å². The summed E-state index contributed by atoms with van der Waals surface area (Å²) in [6, 6.07) is 2.80. The molecule has 0 radical (unpaired) electrons. The standard InChI is InChI=1S/C9H18N2S/c1-4-9(8-12-3)11(2)7-5-6-10/h9H,4-5,7-8H2,1-3H3. The molecule has 0 aliphatic carbocycles. The van der Waals surface area contributed by atoms with E-state index < -0.39 is 0 Å². The molecular formula is C9H18N2S.